The minimum absolute atomic E-state index is 0.0963. The van der Waals surface area contributed by atoms with Gasteiger partial charge in [0, 0.05) is 12.2 Å². The van der Waals surface area contributed by atoms with Gasteiger partial charge in [-0.25, -0.2) is 0 Å². The van der Waals surface area contributed by atoms with Crippen molar-refractivity contribution in [2.45, 2.75) is 52.1 Å². The van der Waals surface area contributed by atoms with Gasteiger partial charge in [0.1, 0.15) is 12.4 Å². The minimum atomic E-state index is -0.601. The lowest BCUT2D eigenvalue weighted by Crippen LogP contribution is -2.29. The highest BCUT2D eigenvalue weighted by molar-refractivity contribution is 5.87. The van der Waals surface area contributed by atoms with E-state index in [2.05, 4.69) is 0 Å². The summed E-state index contributed by atoms with van der Waals surface area (Å²) in [7, 11) is 0. The van der Waals surface area contributed by atoms with Crippen molar-refractivity contribution in [1.82, 2.24) is 0 Å². The molecule has 0 saturated heterocycles. The van der Waals surface area contributed by atoms with Crippen LogP contribution >= 0.6 is 0 Å². The smallest absolute Gasteiger partial charge is 0.308 e. The quantitative estimate of drug-likeness (QED) is 0.351. The summed E-state index contributed by atoms with van der Waals surface area (Å²) in [5.41, 5.74) is -0.341. The van der Waals surface area contributed by atoms with Crippen molar-refractivity contribution in [1.29, 1.82) is 0 Å². The maximum Gasteiger partial charge on any atom is 0.308 e. The summed E-state index contributed by atoms with van der Waals surface area (Å²) in [6.07, 6.45) is 4.50. The monoisotopic (exact) mass is 352 g/mol. The molecule has 0 atom stereocenters. The number of unbranched alkanes of at least 4 members (excludes halogenated alkanes) is 3. The second-order valence-corrected chi connectivity index (χ2v) is 5.86. The highest BCUT2D eigenvalue weighted by Gasteiger charge is 2.24. The number of furan rings is 1. The molecular weight excluding hydrogens is 328 g/mol. The highest BCUT2D eigenvalue weighted by Crippen LogP contribution is 2.24. The lowest BCUT2D eigenvalue weighted by Gasteiger charge is -2.05. The molecule has 0 aliphatic heterocycles. The summed E-state index contributed by atoms with van der Waals surface area (Å²) >= 11 is 0. The van der Waals surface area contributed by atoms with Gasteiger partial charge in [0.2, 0.25) is 5.43 Å². The summed E-state index contributed by atoms with van der Waals surface area (Å²) in [6.45, 7) is 2.81. The van der Waals surface area contributed by atoms with Crippen LogP contribution in [-0.4, -0.2) is 30.9 Å². The van der Waals surface area contributed by atoms with Crippen molar-refractivity contribution >= 4 is 16.9 Å². The molecule has 7 heteroatoms. The zero-order valence-corrected chi connectivity index (χ0v) is 14.5. The van der Waals surface area contributed by atoms with E-state index < -0.39 is 10.9 Å². The van der Waals surface area contributed by atoms with Gasteiger partial charge in [-0.1, -0.05) is 12.8 Å². The number of aliphatic hydroxyl groups is 1. The van der Waals surface area contributed by atoms with Crippen LogP contribution in [0, 0.1) is 0 Å². The molecule has 0 saturated carbocycles. The van der Waals surface area contributed by atoms with E-state index in [1.165, 1.54) is 0 Å². The summed E-state index contributed by atoms with van der Waals surface area (Å²) in [5.74, 6) is 0.0819. The Morgan fingerprint density at radius 1 is 1.08 bits per heavy atom. The first-order valence-electron chi connectivity index (χ1n) is 8.67. The molecule has 1 N–H and O–H groups in total. The Morgan fingerprint density at radius 3 is 2.56 bits per heavy atom. The van der Waals surface area contributed by atoms with Crippen molar-refractivity contribution in [2.24, 2.45) is 0 Å². The Bertz CT molecular complexity index is 764. The van der Waals surface area contributed by atoms with Crippen molar-refractivity contribution in [3.8, 4) is 0 Å². The molecule has 2 aromatic rings. The SMILES string of the molecule is CCOC(=O)CCOCCCCCCc1c(CO)oc2c(=O)c(=O)c12. The summed E-state index contributed by atoms with van der Waals surface area (Å²) in [5, 5.41) is 9.64. The van der Waals surface area contributed by atoms with Crippen molar-refractivity contribution in [3.05, 3.63) is 31.8 Å². The molecule has 1 aromatic carbocycles. The number of aryl methyl sites for hydroxylation is 1. The van der Waals surface area contributed by atoms with Gasteiger partial charge >= 0.3 is 5.97 Å². The van der Waals surface area contributed by atoms with Crippen LogP contribution < -0.4 is 10.9 Å². The van der Waals surface area contributed by atoms with Crippen LogP contribution in [0.15, 0.2) is 14.0 Å². The molecule has 1 heterocycles. The summed E-state index contributed by atoms with van der Waals surface area (Å²) in [4.78, 5) is 34.0. The summed E-state index contributed by atoms with van der Waals surface area (Å²) < 4.78 is 15.4. The fraction of sp³-hybridized carbons (Fsp3) is 0.611. The fourth-order valence-electron chi connectivity index (χ4n) is 2.81. The molecule has 0 unspecified atom stereocenters. The van der Waals surface area contributed by atoms with Crippen molar-refractivity contribution in [3.63, 3.8) is 0 Å². The van der Waals surface area contributed by atoms with E-state index in [0.717, 1.165) is 25.7 Å². The normalized spacial score (nSPS) is 11.4. The largest absolute Gasteiger partial charge is 0.466 e. The van der Waals surface area contributed by atoms with Gasteiger partial charge in [0.05, 0.1) is 25.0 Å². The molecule has 1 aromatic heterocycles. The first-order chi connectivity index (χ1) is 12.1. The van der Waals surface area contributed by atoms with Crippen LogP contribution in [-0.2, 0) is 27.3 Å². The lowest BCUT2D eigenvalue weighted by atomic mass is 10.0. The lowest BCUT2D eigenvalue weighted by molar-refractivity contribution is -0.144. The Kier molecular flexibility index (Phi) is 7.33. The predicted octanol–water partition coefficient (Wildman–Crippen LogP) is 1.59. The molecule has 0 bridgehead atoms. The number of hydrogen-bond donors (Lipinski definition) is 1. The number of hydrogen-bond acceptors (Lipinski definition) is 7. The van der Waals surface area contributed by atoms with E-state index in [1.807, 2.05) is 0 Å². The third-order valence-corrected chi connectivity index (χ3v) is 4.10. The third-order valence-electron chi connectivity index (χ3n) is 4.10. The molecule has 0 aliphatic carbocycles. The predicted molar refractivity (Wildman–Crippen MR) is 91.3 cm³/mol. The number of carbonyl (C=O) groups excluding carboxylic acids is 1. The number of esters is 1. The molecule has 0 fully saturated rings. The van der Waals surface area contributed by atoms with Gasteiger partial charge in [-0.15, -0.1) is 0 Å². The molecule has 25 heavy (non-hydrogen) atoms. The van der Waals surface area contributed by atoms with Gasteiger partial charge in [0.25, 0.3) is 5.43 Å². The average molecular weight is 352 g/mol. The van der Waals surface area contributed by atoms with E-state index in [-0.39, 0.29) is 24.6 Å². The number of fused-ring (bicyclic) bond motifs is 1. The van der Waals surface area contributed by atoms with Crippen molar-refractivity contribution < 1.29 is 23.8 Å². The number of ether oxygens (including phenoxy) is 2. The Morgan fingerprint density at radius 2 is 1.84 bits per heavy atom. The van der Waals surface area contributed by atoms with E-state index in [0.29, 0.717) is 43.0 Å². The molecule has 0 spiro atoms. The zero-order valence-electron chi connectivity index (χ0n) is 14.5. The second kappa shape index (κ2) is 9.48. The van der Waals surface area contributed by atoms with Gasteiger partial charge in [0.15, 0.2) is 5.58 Å². The highest BCUT2D eigenvalue weighted by atomic mass is 16.5. The Hall–Kier alpha value is -1.99. The molecular formula is C18H24O7. The second-order valence-electron chi connectivity index (χ2n) is 5.86. The van der Waals surface area contributed by atoms with Crippen LogP contribution in [0.2, 0.25) is 0 Å². The average Bonchev–Trinajstić information content (AvgIpc) is 2.95. The molecule has 0 amide bonds. The number of aliphatic hydroxyl groups excluding tert-OH is 1. The Labute approximate surface area is 145 Å². The van der Waals surface area contributed by atoms with Crippen LogP contribution in [0.4, 0.5) is 0 Å². The Balaban J connectivity index is 1.61. The van der Waals surface area contributed by atoms with Gasteiger partial charge in [-0.3, -0.25) is 14.4 Å². The van der Waals surface area contributed by atoms with Crippen LogP contribution in [0.3, 0.4) is 0 Å². The van der Waals surface area contributed by atoms with E-state index in [4.69, 9.17) is 13.9 Å². The van der Waals surface area contributed by atoms with E-state index in [9.17, 15) is 19.5 Å². The molecule has 2 rings (SSSR count). The molecule has 0 aliphatic rings. The van der Waals surface area contributed by atoms with Gasteiger partial charge in [-0.2, -0.15) is 0 Å². The standard InChI is InChI=1S/C18H24O7/c1-2-24-14(20)8-10-23-9-6-4-3-5-7-12-13(11-19)25-18-15(12)16(21)17(18)22/h19H,2-11H2,1H3. The maximum atomic E-state index is 11.6. The zero-order chi connectivity index (χ0) is 18.2. The van der Waals surface area contributed by atoms with Gasteiger partial charge < -0.3 is 19.0 Å². The number of rotatable bonds is 12. The van der Waals surface area contributed by atoms with Gasteiger partial charge in [-0.05, 0) is 26.2 Å². The van der Waals surface area contributed by atoms with Crippen LogP contribution in [0.1, 0.15) is 50.4 Å². The topological polar surface area (TPSA) is 103 Å². The van der Waals surface area contributed by atoms with Crippen LogP contribution in [0.25, 0.3) is 11.0 Å². The third kappa shape index (κ3) is 4.76. The first-order valence-corrected chi connectivity index (χ1v) is 8.67. The molecule has 138 valence electrons. The van der Waals surface area contributed by atoms with Crippen molar-refractivity contribution in [2.75, 3.05) is 19.8 Å². The molecule has 0 radical (unpaired) electrons. The van der Waals surface area contributed by atoms with E-state index in [1.54, 1.807) is 6.92 Å². The minimum Gasteiger partial charge on any atom is -0.466 e. The van der Waals surface area contributed by atoms with E-state index >= 15 is 0 Å². The fourth-order valence-corrected chi connectivity index (χ4v) is 2.81. The maximum absolute atomic E-state index is 11.6. The first kappa shape index (κ1) is 19.3. The number of carbonyl (C=O) groups is 1. The molecule has 7 nitrogen and oxygen atoms in total. The van der Waals surface area contributed by atoms with Crippen LogP contribution in [0.5, 0.6) is 0 Å². The summed E-state index contributed by atoms with van der Waals surface area (Å²) in [6, 6.07) is 0.